The molecule has 0 unspecified atom stereocenters. The Labute approximate surface area is 232 Å². The first-order valence-electron chi connectivity index (χ1n) is 13.4. The van der Waals surface area contributed by atoms with Crippen molar-refractivity contribution in [3.63, 3.8) is 0 Å². The molecule has 0 aliphatic carbocycles. The van der Waals surface area contributed by atoms with Gasteiger partial charge in [-0.05, 0) is 69.5 Å². The lowest BCUT2D eigenvalue weighted by Crippen LogP contribution is -2.45. The zero-order chi connectivity index (χ0) is 27.3. The van der Waals surface area contributed by atoms with Crippen LogP contribution in [0.3, 0.4) is 0 Å². The highest BCUT2D eigenvalue weighted by Gasteiger charge is 2.18. The first-order chi connectivity index (χ1) is 17.6. The molecule has 2 amide bonds. The fourth-order valence-electron chi connectivity index (χ4n) is 3.75. The maximum absolute atomic E-state index is 12.3. The van der Waals surface area contributed by atoms with Crippen molar-refractivity contribution in [2.75, 3.05) is 75.5 Å². The molecule has 0 spiro atoms. The largest absolute Gasteiger partial charge is 0.326 e. The lowest BCUT2D eigenvalue weighted by molar-refractivity contribution is -0.903. The van der Waals surface area contributed by atoms with Gasteiger partial charge in [-0.2, -0.15) is 0 Å². The predicted molar refractivity (Wildman–Crippen MR) is 163 cm³/mol. The number of benzene rings is 2. The summed E-state index contributed by atoms with van der Waals surface area (Å²) in [5.41, 5.74) is 3.98. The molecule has 37 heavy (non-hydrogen) atoms. The molecule has 0 aromatic heterocycles. The number of nitrogens with zero attached hydrogens (tertiary/aromatic N) is 2. The number of nitrogens with one attached hydrogen (secondary N) is 2. The topological polar surface area (TPSA) is 58.2 Å². The number of anilines is 2. The molecular weight excluding hydrogens is 500 g/mol. The minimum Gasteiger partial charge on any atom is -0.326 e. The van der Waals surface area contributed by atoms with Gasteiger partial charge in [-0.15, -0.1) is 0 Å². The molecule has 0 bridgehead atoms. The number of carbonyl (C=O) groups excluding carboxylic acids is 2. The van der Waals surface area contributed by atoms with Gasteiger partial charge >= 0.3 is 0 Å². The zero-order valence-electron chi connectivity index (χ0n) is 23.5. The van der Waals surface area contributed by atoms with Gasteiger partial charge in [-0.3, -0.25) is 9.59 Å². The molecule has 0 atom stereocenters. The van der Waals surface area contributed by atoms with E-state index in [1.54, 1.807) is 0 Å². The molecule has 2 rings (SSSR count). The van der Waals surface area contributed by atoms with Gasteiger partial charge in [0, 0.05) is 11.4 Å². The number of thioether (sulfide) groups is 2. The highest BCUT2D eigenvalue weighted by atomic mass is 32.2. The fourth-order valence-corrected chi connectivity index (χ4v) is 5.57. The van der Waals surface area contributed by atoms with E-state index in [4.69, 9.17) is 0 Å². The van der Waals surface area contributed by atoms with Crippen LogP contribution in [0.1, 0.15) is 38.8 Å². The molecule has 2 aromatic rings. The Morgan fingerprint density at radius 1 is 0.622 bits per heavy atom. The van der Waals surface area contributed by atoms with Crippen LogP contribution in [0.2, 0.25) is 0 Å². The summed E-state index contributed by atoms with van der Waals surface area (Å²) in [5.74, 6) is 1.63. The second kappa shape index (κ2) is 15.4. The standard InChI is InChI=1S/C29H44N4O2S2/c1-7-32(5,8-2)19-21-36-28(34)30-26-15-11-24(12-16-26)23-25-13-17-27(18-14-25)31-29(35)37-22-20-33(6,9-3)10-4/h11-18H,7-10,19-23H2,1-6H3/p+2. The van der Waals surface area contributed by atoms with Crippen LogP contribution >= 0.6 is 23.5 Å². The second-order valence-electron chi connectivity index (χ2n) is 10.0. The first kappa shape index (κ1) is 31.2. The van der Waals surface area contributed by atoms with Crippen molar-refractivity contribution in [1.29, 1.82) is 0 Å². The van der Waals surface area contributed by atoms with Crippen molar-refractivity contribution in [2.24, 2.45) is 0 Å². The summed E-state index contributed by atoms with van der Waals surface area (Å²) in [5, 5.41) is 5.95. The minimum atomic E-state index is -0.00823. The van der Waals surface area contributed by atoms with Crippen molar-refractivity contribution in [3.05, 3.63) is 59.7 Å². The van der Waals surface area contributed by atoms with Crippen LogP contribution in [0.5, 0.6) is 0 Å². The molecule has 6 nitrogen and oxygen atoms in total. The van der Waals surface area contributed by atoms with Crippen molar-refractivity contribution in [3.8, 4) is 0 Å². The van der Waals surface area contributed by atoms with Gasteiger partial charge in [0.05, 0.1) is 64.9 Å². The molecular formula is C29H46N4O2S2+2. The molecule has 0 radical (unpaired) electrons. The van der Waals surface area contributed by atoms with E-state index in [0.29, 0.717) is 0 Å². The van der Waals surface area contributed by atoms with Crippen LogP contribution in [0.25, 0.3) is 0 Å². The van der Waals surface area contributed by atoms with Gasteiger partial charge in [0.25, 0.3) is 10.5 Å². The molecule has 0 heterocycles. The van der Waals surface area contributed by atoms with Gasteiger partial charge in [0.2, 0.25) is 0 Å². The summed E-state index contributed by atoms with van der Waals surface area (Å²) >= 11 is 2.70. The molecule has 0 aliphatic heterocycles. The van der Waals surface area contributed by atoms with E-state index in [1.807, 2.05) is 48.5 Å². The van der Waals surface area contributed by atoms with Crippen LogP contribution in [-0.2, 0) is 6.42 Å². The third-order valence-electron chi connectivity index (χ3n) is 7.59. The number of carbonyl (C=O) groups is 2. The normalized spacial score (nSPS) is 11.8. The van der Waals surface area contributed by atoms with Gasteiger partial charge < -0.3 is 19.6 Å². The van der Waals surface area contributed by atoms with Crippen LogP contribution in [0.15, 0.2) is 48.5 Å². The smallest absolute Gasteiger partial charge is 0.283 e. The molecule has 2 N–H and O–H groups in total. The van der Waals surface area contributed by atoms with Gasteiger partial charge in [-0.1, -0.05) is 47.8 Å². The average Bonchev–Trinajstić information content (AvgIpc) is 2.90. The summed E-state index contributed by atoms with van der Waals surface area (Å²) in [4.78, 5) is 24.6. The summed E-state index contributed by atoms with van der Waals surface area (Å²) in [6.45, 7) is 15.1. The van der Waals surface area contributed by atoms with Crippen LogP contribution < -0.4 is 10.6 Å². The summed E-state index contributed by atoms with van der Waals surface area (Å²) in [7, 11) is 4.47. The highest BCUT2D eigenvalue weighted by Crippen LogP contribution is 2.19. The Kier molecular flexibility index (Phi) is 13.0. The third kappa shape index (κ3) is 11.1. The van der Waals surface area contributed by atoms with Crippen molar-refractivity contribution >= 4 is 45.4 Å². The monoisotopic (exact) mass is 546 g/mol. The summed E-state index contributed by atoms with van der Waals surface area (Å²) in [6, 6.07) is 16.0. The lowest BCUT2D eigenvalue weighted by atomic mass is 10.0. The van der Waals surface area contributed by atoms with E-state index < -0.39 is 0 Å². The van der Waals surface area contributed by atoms with Crippen molar-refractivity contribution < 1.29 is 18.6 Å². The van der Waals surface area contributed by atoms with Crippen molar-refractivity contribution in [2.45, 2.75) is 34.1 Å². The quantitative estimate of drug-likeness (QED) is 0.257. The van der Waals surface area contributed by atoms with Crippen molar-refractivity contribution in [1.82, 2.24) is 0 Å². The van der Waals surface area contributed by atoms with E-state index in [2.05, 4.69) is 52.4 Å². The van der Waals surface area contributed by atoms with E-state index >= 15 is 0 Å². The molecule has 0 fully saturated rings. The van der Waals surface area contributed by atoms with Crippen LogP contribution in [-0.4, -0.2) is 84.3 Å². The summed E-state index contributed by atoms with van der Waals surface area (Å²) in [6.07, 6.45) is 0.793. The third-order valence-corrected chi connectivity index (χ3v) is 9.09. The Bertz CT molecular complexity index is 893. The molecule has 204 valence electrons. The van der Waals surface area contributed by atoms with Crippen LogP contribution in [0.4, 0.5) is 21.0 Å². The number of hydrogen-bond donors (Lipinski definition) is 2. The molecule has 0 aliphatic rings. The SMILES string of the molecule is CC[N+](C)(CC)CCSC(=O)Nc1ccc(Cc2ccc(NC(=O)SCC[N+](C)(CC)CC)cc2)cc1. The number of rotatable bonds is 14. The second-order valence-corrected chi connectivity index (χ2v) is 12.2. The molecule has 0 saturated carbocycles. The Balaban J connectivity index is 1.77. The van der Waals surface area contributed by atoms with Gasteiger partial charge in [-0.25, -0.2) is 0 Å². The maximum atomic E-state index is 12.3. The van der Waals surface area contributed by atoms with E-state index in [9.17, 15) is 9.59 Å². The highest BCUT2D eigenvalue weighted by molar-refractivity contribution is 8.14. The predicted octanol–water partition coefficient (Wildman–Crippen LogP) is 6.78. The molecule has 2 aromatic carbocycles. The van der Waals surface area contributed by atoms with E-state index in [-0.39, 0.29) is 10.5 Å². The van der Waals surface area contributed by atoms with E-state index in [0.717, 1.165) is 77.5 Å². The van der Waals surface area contributed by atoms with E-state index in [1.165, 1.54) is 34.7 Å². The maximum Gasteiger partial charge on any atom is 0.283 e. The fraction of sp³-hybridized carbons (Fsp3) is 0.517. The average molecular weight is 547 g/mol. The first-order valence-corrected chi connectivity index (χ1v) is 15.3. The Morgan fingerprint density at radius 3 is 1.24 bits per heavy atom. The number of quaternary nitrogens is 2. The van der Waals surface area contributed by atoms with Gasteiger partial charge in [0.15, 0.2) is 0 Å². The number of amides is 2. The zero-order valence-corrected chi connectivity index (χ0v) is 25.1. The minimum absolute atomic E-state index is 0.00823. The Morgan fingerprint density at radius 2 is 0.946 bits per heavy atom. The molecule has 8 heteroatoms. The lowest BCUT2D eigenvalue weighted by Gasteiger charge is -2.31. The van der Waals surface area contributed by atoms with Crippen LogP contribution in [0, 0.1) is 0 Å². The molecule has 0 saturated heterocycles. The Hall–Kier alpha value is -2.00. The number of hydrogen-bond acceptors (Lipinski definition) is 4. The summed E-state index contributed by atoms with van der Waals surface area (Å²) < 4.78 is 1.97. The van der Waals surface area contributed by atoms with Gasteiger partial charge in [0.1, 0.15) is 0 Å².